The fourth-order valence-electron chi connectivity index (χ4n) is 4.51. The molecule has 166 valence electrons. The highest BCUT2D eigenvalue weighted by molar-refractivity contribution is 7.17. The number of thiophene rings is 1. The number of fused-ring (bicyclic) bond motifs is 1. The predicted octanol–water partition coefficient (Wildman–Crippen LogP) is 5.44. The van der Waals surface area contributed by atoms with Gasteiger partial charge in [-0.05, 0) is 56.6 Å². The molecule has 1 amide bonds. The van der Waals surface area contributed by atoms with Crippen molar-refractivity contribution in [2.45, 2.75) is 45.4 Å². The molecule has 32 heavy (non-hydrogen) atoms. The number of benzene rings is 1. The van der Waals surface area contributed by atoms with E-state index in [1.54, 1.807) is 0 Å². The first-order valence-electron chi connectivity index (χ1n) is 11.0. The minimum absolute atomic E-state index is 0.179. The number of Topliss-reactive ketones (excluding diaryl/α,β-unsaturated/α-hetero) is 1. The summed E-state index contributed by atoms with van der Waals surface area (Å²) in [5.74, 6) is -2.89. The highest BCUT2D eigenvalue weighted by Gasteiger charge is 2.35. The molecule has 4 rings (SSSR count). The molecule has 5 nitrogen and oxygen atoms in total. The largest absolute Gasteiger partial charge is 0.481 e. The zero-order valence-corrected chi connectivity index (χ0v) is 19.0. The van der Waals surface area contributed by atoms with E-state index >= 15 is 0 Å². The molecule has 1 aromatic heterocycles. The second-order valence-corrected chi connectivity index (χ2v) is 9.68. The summed E-state index contributed by atoms with van der Waals surface area (Å²) in [7, 11) is 0. The van der Waals surface area contributed by atoms with Gasteiger partial charge in [0, 0.05) is 10.5 Å². The maximum absolute atomic E-state index is 13.6. The van der Waals surface area contributed by atoms with Gasteiger partial charge in [0.2, 0.25) is 5.91 Å². The standard InChI is InChI=1S/C26H27NO4S/c1-15-11-13-17(14-12-15)16(2)23(28)22-20-9-5-6-10-21(20)32-25(22)27-24(29)18-7-3-4-8-19(18)26(30)31/h3-4,11-14,18-19H,2,5-10H2,1H3,(H,27,29)(H,30,31). The fraction of sp³-hybridized carbons (Fsp3) is 0.346. The van der Waals surface area contributed by atoms with Crippen LogP contribution in [-0.4, -0.2) is 22.8 Å². The van der Waals surface area contributed by atoms with Gasteiger partial charge in [-0.2, -0.15) is 0 Å². The lowest BCUT2D eigenvalue weighted by Crippen LogP contribution is -2.34. The van der Waals surface area contributed by atoms with E-state index < -0.39 is 17.8 Å². The van der Waals surface area contributed by atoms with Crippen LogP contribution >= 0.6 is 11.3 Å². The molecule has 0 radical (unpaired) electrons. The fourth-order valence-corrected chi connectivity index (χ4v) is 5.80. The Kier molecular flexibility index (Phi) is 6.42. The smallest absolute Gasteiger partial charge is 0.307 e. The molecule has 0 spiro atoms. The molecule has 2 aliphatic carbocycles. The van der Waals surface area contributed by atoms with E-state index in [1.807, 2.05) is 43.3 Å². The van der Waals surface area contributed by atoms with Gasteiger partial charge in [-0.1, -0.05) is 48.6 Å². The molecule has 2 unspecified atom stereocenters. The van der Waals surface area contributed by atoms with Gasteiger partial charge in [0.05, 0.1) is 17.4 Å². The van der Waals surface area contributed by atoms with Crippen LogP contribution in [0.4, 0.5) is 5.00 Å². The van der Waals surface area contributed by atoms with E-state index in [9.17, 15) is 19.5 Å². The number of amides is 1. The van der Waals surface area contributed by atoms with Crippen molar-refractivity contribution in [2.24, 2.45) is 11.8 Å². The normalized spacial score (nSPS) is 19.8. The van der Waals surface area contributed by atoms with Gasteiger partial charge in [0.1, 0.15) is 5.00 Å². The number of aryl methyl sites for hydroxylation is 2. The number of carbonyl (C=O) groups excluding carboxylic acids is 2. The summed E-state index contributed by atoms with van der Waals surface area (Å²) in [6.45, 7) is 6.05. The Morgan fingerprint density at radius 1 is 1.03 bits per heavy atom. The lowest BCUT2D eigenvalue weighted by Gasteiger charge is -2.24. The quantitative estimate of drug-likeness (QED) is 0.350. The number of nitrogens with one attached hydrogen (secondary N) is 1. The molecule has 2 aliphatic rings. The lowest BCUT2D eigenvalue weighted by molar-refractivity contribution is -0.146. The predicted molar refractivity (Wildman–Crippen MR) is 127 cm³/mol. The van der Waals surface area contributed by atoms with Crippen molar-refractivity contribution in [1.82, 2.24) is 0 Å². The molecule has 0 bridgehead atoms. The Hall–Kier alpha value is -2.99. The number of allylic oxidation sites excluding steroid dienone is 3. The third kappa shape index (κ3) is 4.32. The number of anilines is 1. The van der Waals surface area contributed by atoms with E-state index in [-0.39, 0.29) is 11.7 Å². The number of carboxylic acids is 1. The van der Waals surface area contributed by atoms with Gasteiger partial charge >= 0.3 is 5.97 Å². The summed E-state index contributed by atoms with van der Waals surface area (Å²) in [6.07, 6.45) is 8.13. The molecule has 0 fully saturated rings. The van der Waals surface area contributed by atoms with Gasteiger partial charge in [-0.3, -0.25) is 14.4 Å². The number of hydrogen-bond acceptors (Lipinski definition) is 4. The maximum atomic E-state index is 13.6. The van der Waals surface area contributed by atoms with Crippen LogP contribution in [0.5, 0.6) is 0 Å². The van der Waals surface area contributed by atoms with Gasteiger partial charge in [-0.15, -0.1) is 11.3 Å². The third-order valence-corrected chi connectivity index (χ3v) is 7.60. The highest BCUT2D eigenvalue weighted by atomic mass is 32.1. The van der Waals surface area contributed by atoms with Crippen LogP contribution in [0, 0.1) is 18.8 Å². The average Bonchev–Trinajstić information content (AvgIpc) is 3.16. The topological polar surface area (TPSA) is 83.5 Å². The zero-order chi connectivity index (χ0) is 22.8. The summed E-state index contributed by atoms with van der Waals surface area (Å²) in [5.41, 5.74) is 3.80. The van der Waals surface area contributed by atoms with Crippen molar-refractivity contribution in [3.63, 3.8) is 0 Å². The first kappa shape index (κ1) is 22.2. The molecule has 0 saturated heterocycles. The summed E-state index contributed by atoms with van der Waals surface area (Å²) in [5, 5.41) is 13.0. The summed E-state index contributed by atoms with van der Waals surface area (Å²) in [6, 6.07) is 7.67. The van der Waals surface area contributed by atoms with Crippen LogP contribution < -0.4 is 5.32 Å². The van der Waals surface area contributed by atoms with Crippen LogP contribution in [0.25, 0.3) is 5.57 Å². The molecule has 2 aromatic rings. The molecular weight excluding hydrogens is 422 g/mol. The van der Waals surface area contributed by atoms with Crippen molar-refractivity contribution < 1.29 is 19.5 Å². The van der Waals surface area contributed by atoms with Crippen LogP contribution in [0.15, 0.2) is 43.0 Å². The number of carboxylic acid groups (broad SMARTS) is 1. The Morgan fingerprint density at radius 2 is 1.69 bits per heavy atom. The van der Waals surface area contributed by atoms with Gasteiger partial charge in [0.15, 0.2) is 5.78 Å². The van der Waals surface area contributed by atoms with Crippen LogP contribution in [0.3, 0.4) is 0 Å². The Balaban J connectivity index is 1.66. The SMILES string of the molecule is C=C(C(=O)c1c(NC(=O)C2CC=CCC2C(=O)O)sc2c1CCCC2)c1ccc(C)cc1. The van der Waals surface area contributed by atoms with Crippen molar-refractivity contribution in [1.29, 1.82) is 0 Å². The maximum Gasteiger partial charge on any atom is 0.307 e. The van der Waals surface area contributed by atoms with Crippen LogP contribution in [0.1, 0.15) is 57.6 Å². The Labute approximate surface area is 191 Å². The minimum Gasteiger partial charge on any atom is -0.481 e. The van der Waals surface area contributed by atoms with E-state index in [0.29, 0.717) is 29.0 Å². The highest BCUT2D eigenvalue weighted by Crippen LogP contribution is 2.41. The van der Waals surface area contributed by atoms with Crippen molar-refractivity contribution in [3.05, 3.63) is 70.1 Å². The van der Waals surface area contributed by atoms with E-state index in [2.05, 4.69) is 11.9 Å². The minimum atomic E-state index is -0.968. The molecule has 1 aromatic carbocycles. The van der Waals surface area contributed by atoms with Crippen molar-refractivity contribution >= 4 is 39.6 Å². The number of aliphatic carboxylic acids is 1. The van der Waals surface area contributed by atoms with Crippen molar-refractivity contribution in [2.75, 3.05) is 5.32 Å². The number of carbonyl (C=O) groups is 3. The summed E-state index contributed by atoms with van der Waals surface area (Å²) in [4.78, 5) is 39.5. The van der Waals surface area contributed by atoms with Gasteiger partial charge < -0.3 is 10.4 Å². The molecule has 0 aliphatic heterocycles. The number of hydrogen-bond donors (Lipinski definition) is 2. The average molecular weight is 450 g/mol. The molecule has 0 saturated carbocycles. The lowest BCUT2D eigenvalue weighted by atomic mass is 9.82. The van der Waals surface area contributed by atoms with Gasteiger partial charge in [-0.25, -0.2) is 0 Å². The van der Waals surface area contributed by atoms with E-state index in [4.69, 9.17) is 0 Å². The van der Waals surface area contributed by atoms with Gasteiger partial charge in [0.25, 0.3) is 0 Å². The second-order valence-electron chi connectivity index (χ2n) is 8.57. The molecule has 2 N–H and O–H groups in total. The Morgan fingerprint density at radius 3 is 2.38 bits per heavy atom. The molecule has 6 heteroatoms. The van der Waals surface area contributed by atoms with Crippen LogP contribution in [-0.2, 0) is 22.4 Å². The summed E-state index contributed by atoms with van der Waals surface area (Å²) >= 11 is 1.45. The monoisotopic (exact) mass is 449 g/mol. The van der Waals surface area contributed by atoms with E-state index in [0.717, 1.165) is 47.3 Å². The second kappa shape index (κ2) is 9.25. The summed E-state index contributed by atoms with van der Waals surface area (Å²) < 4.78 is 0. The third-order valence-electron chi connectivity index (χ3n) is 6.40. The zero-order valence-electron chi connectivity index (χ0n) is 18.1. The first-order chi connectivity index (χ1) is 15.4. The molecular formula is C26H27NO4S. The molecule has 2 atom stereocenters. The first-order valence-corrected chi connectivity index (χ1v) is 11.8. The number of ketones is 1. The Bertz CT molecular complexity index is 1110. The van der Waals surface area contributed by atoms with E-state index in [1.165, 1.54) is 11.3 Å². The van der Waals surface area contributed by atoms with Crippen LogP contribution in [0.2, 0.25) is 0 Å². The molecule has 1 heterocycles. The van der Waals surface area contributed by atoms with Crippen molar-refractivity contribution in [3.8, 4) is 0 Å². The number of rotatable bonds is 6.